The van der Waals surface area contributed by atoms with Crippen LogP contribution in [0.5, 0.6) is 0 Å². The van der Waals surface area contributed by atoms with Crippen LogP contribution in [0.15, 0.2) is 24.5 Å². The zero-order chi connectivity index (χ0) is 13.9. The number of aromatic nitrogens is 2. The summed E-state index contributed by atoms with van der Waals surface area (Å²) in [5.41, 5.74) is 0. The van der Waals surface area contributed by atoms with Crippen molar-refractivity contribution in [3.63, 3.8) is 0 Å². The van der Waals surface area contributed by atoms with E-state index in [1.54, 1.807) is 0 Å². The average Bonchev–Trinajstić information content (AvgIpc) is 3.04. The lowest BCUT2D eigenvalue weighted by molar-refractivity contribution is 0.210. The number of rotatable bonds is 5. The Kier molecular flexibility index (Phi) is 4.19. The first-order valence-electron chi connectivity index (χ1n) is 7.24. The molecule has 108 valence electrons. The molecule has 0 atom stereocenters. The van der Waals surface area contributed by atoms with Gasteiger partial charge in [-0.15, -0.1) is 11.3 Å². The molecule has 0 bridgehead atoms. The van der Waals surface area contributed by atoms with Crippen molar-refractivity contribution in [1.82, 2.24) is 19.8 Å². The highest BCUT2D eigenvalue weighted by Gasteiger charge is 2.17. The van der Waals surface area contributed by atoms with Crippen LogP contribution in [0, 0.1) is 0 Å². The summed E-state index contributed by atoms with van der Waals surface area (Å²) in [5.74, 6) is 1.19. The highest BCUT2D eigenvalue weighted by molar-refractivity contribution is 7.11. The van der Waals surface area contributed by atoms with Crippen molar-refractivity contribution in [3.05, 3.63) is 40.1 Å². The fourth-order valence-corrected chi connectivity index (χ4v) is 3.50. The maximum Gasteiger partial charge on any atom is 0.122 e. The predicted molar refractivity (Wildman–Crippen MR) is 82.6 cm³/mol. The van der Waals surface area contributed by atoms with Gasteiger partial charge in [-0.3, -0.25) is 4.90 Å². The second-order valence-corrected chi connectivity index (χ2v) is 6.90. The van der Waals surface area contributed by atoms with Crippen LogP contribution in [0.1, 0.15) is 29.4 Å². The Morgan fingerprint density at radius 2 is 2.15 bits per heavy atom. The van der Waals surface area contributed by atoms with Crippen molar-refractivity contribution in [1.29, 1.82) is 0 Å². The summed E-state index contributed by atoms with van der Waals surface area (Å²) in [6.07, 6.45) is 3.98. The van der Waals surface area contributed by atoms with Crippen molar-refractivity contribution in [2.24, 2.45) is 0 Å². The monoisotopic (exact) mass is 290 g/mol. The van der Waals surface area contributed by atoms with Gasteiger partial charge in [0.2, 0.25) is 0 Å². The van der Waals surface area contributed by atoms with E-state index in [4.69, 9.17) is 0 Å². The molecule has 0 spiro atoms. The number of nitrogens with zero attached hydrogens (tertiary/aromatic N) is 3. The molecule has 1 aliphatic heterocycles. The van der Waals surface area contributed by atoms with Crippen molar-refractivity contribution >= 4 is 11.3 Å². The molecule has 0 saturated carbocycles. The molecule has 2 aromatic rings. The van der Waals surface area contributed by atoms with Crippen molar-refractivity contribution in [2.75, 3.05) is 6.54 Å². The minimum absolute atomic E-state index is 0.543. The Labute approximate surface area is 124 Å². The highest BCUT2D eigenvalue weighted by Crippen LogP contribution is 2.20. The van der Waals surface area contributed by atoms with E-state index < -0.39 is 0 Å². The molecule has 4 nitrogen and oxygen atoms in total. The minimum atomic E-state index is 0.543. The van der Waals surface area contributed by atoms with E-state index in [1.807, 2.05) is 17.5 Å². The van der Waals surface area contributed by atoms with Crippen LogP contribution >= 0.6 is 11.3 Å². The molecule has 20 heavy (non-hydrogen) atoms. The van der Waals surface area contributed by atoms with Gasteiger partial charge in [-0.05, 0) is 12.1 Å². The van der Waals surface area contributed by atoms with Crippen LogP contribution in [0.2, 0.25) is 0 Å². The van der Waals surface area contributed by atoms with Crippen LogP contribution in [0.25, 0.3) is 0 Å². The molecular weight excluding hydrogens is 268 g/mol. The molecule has 0 aromatic carbocycles. The quantitative estimate of drug-likeness (QED) is 0.918. The van der Waals surface area contributed by atoms with Gasteiger partial charge < -0.3 is 9.88 Å². The Hall–Kier alpha value is -1.17. The zero-order valence-corrected chi connectivity index (χ0v) is 13.0. The normalized spacial score (nSPS) is 15.8. The van der Waals surface area contributed by atoms with Crippen molar-refractivity contribution < 1.29 is 0 Å². The van der Waals surface area contributed by atoms with Crippen molar-refractivity contribution in [3.8, 4) is 0 Å². The maximum absolute atomic E-state index is 4.42. The van der Waals surface area contributed by atoms with Gasteiger partial charge in [0.25, 0.3) is 0 Å². The lowest BCUT2D eigenvalue weighted by atomic mass is 10.3. The van der Waals surface area contributed by atoms with E-state index in [0.29, 0.717) is 6.04 Å². The molecule has 2 aromatic heterocycles. The molecule has 5 heteroatoms. The van der Waals surface area contributed by atoms with Gasteiger partial charge in [0, 0.05) is 54.4 Å². The molecule has 0 amide bonds. The molecule has 3 rings (SSSR count). The van der Waals surface area contributed by atoms with Gasteiger partial charge in [-0.1, -0.05) is 13.8 Å². The molecule has 0 saturated heterocycles. The zero-order valence-electron chi connectivity index (χ0n) is 12.2. The Morgan fingerprint density at radius 1 is 1.30 bits per heavy atom. The van der Waals surface area contributed by atoms with Gasteiger partial charge in [-0.25, -0.2) is 4.98 Å². The second kappa shape index (κ2) is 6.08. The first-order chi connectivity index (χ1) is 9.70. The van der Waals surface area contributed by atoms with Crippen LogP contribution in [-0.2, 0) is 26.2 Å². The van der Waals surface area contributed by atoms with Gasteiger partial charge >= 0.3 is 0 Å². The molecule has 0 aliphatic carbocycles. The van der Waals surface area contributed by atoms with Gasteiger partial charge in [0.05, 0.1) is 6.54 Å². The largest absolute Gasteiger partial charge is 0.333 e. The summed E-state index contributed by atoms with van der Waals surface area (Å²) < 4.78 is 2.25. The lowest BCUT2D eigenvalue weighted by Gasteiger charge is -2.26. The third kappa shape index (κ3) is 3.29. The SMILES string of the molecule is CC(C)NCc1ccc(CN2CCn3ccnc3C2)s1. The number of hydrogen-bond acceptors (Lipinski definition) is 4. The summed E-state index contributed by atoms with van der Waals surface area (Å²) >= 11 is 1.92. The third-order valence-corrected chi connectivity index (χ3v) is 4.68. The van der Waals surface area contributed by atoms with E-state index in [-0.39, 0.29) is 0 Å². The number of nitrogens with one attached hydrogen (secondary N) is 1. The average molecular weight is 290 g/mol. The molecule has 1 aliphatic rings. The summed E-state index contributed by atoms with van der Waals surface area (Å²) in [5, 5.41) is 3.47. The van der Waals surface area contributed by atoms with E-state index in [9.17, 15) is 0 Å². The number of thiophene rings is 1. The molecule has 0 fully saturated rings. The van der Waals surface area contributed by atoms with E-state index in [1.165, 1.54) is 15.6 Å². The van der Waals surface area contributed by atoms with Gasteiger partial charge in [0.15, 0.2) is 0 Å². The molecule has 0 unspecified atom stereocenters. The summed E-state index contributed by atoms with van der Waals surface area (Å²) in [6, 6.07) is 5.06. The number of hydrogen-bond donors (Lipinski definition) is 1. The van der Waals surface area contributed by atoms with E-state index >= 15 is 0 Å². The van der Waals surface area contributed by atoms with Crippen molar-refractivity contribution in [2.45, 2.75) is 46.1 Å². The lowest BCUT2D eigenvalue weighted by Crippen LogP contribution is -2.32. The summed E-state index contributed by atoms with van der Waals surface area (Å²) in [4.78, 5) is 9.77. The standard InChI is InChI=1S/C15H22N4S/c1-12(2)17-9-13-3-4-14(20-13)10-18-7-8-19-6-5-16-15(19)11-18/h3-6,12,17H,7-11H2,1-2H3. The van der Waals surface area contributed by atoms with Crippen LogP contribution in [0.3, 0.4) is 0 Å². The summed E-state index contributed by atoms with van der Waals surface area (Å²) in [6.45, 7) is 9.52. The Bertz CT molecular complexity index is 558. The fourth-order valence-electron chi connectivity index (χ4n) is 2.49. The third-order valence-electron chi connectivity index (χ3n) is 3.61. The van der Waals surface area contributed by atoms with E-state index in [0.717, 1.165) is 32.7 Å². The topological polar surface area (TPSA) is 33.1 Å². The van der Waals surface area contributed by atoms with Crippen LogP contribution in [-0.4, -0.2) is 27.0 Å². The summed E-state index contributed by atoms with van der Waals surface area (Å²) in [7, 11) is 0. The van der Waals surface area contributed by atoms with Crippen LogP contribution < -0.4 is 5.32 Å². The predicted octanol–water partition coefficient (Wildman–Crippen LogP) is 2.46. The second-order valence-electron chi connectivity index (χ2n) is 5.65. The fraction of sp³-hybridized carbons (Fsp3) is 0.533. The highest BCUT2D eigenvalue weighted by atomic mass is 32.1. The number of fused-ring (bicyclic) bond motifs is 1. The maximum atomic E-state index is 4.42. The molecular formula is C15H22N4S. The molecule has 1 N–H and O–H groups in total. The van der Waals surface area contributed by atoms with Crippen LogP contribution in [0.4, 0.5) is 0 Å². The molecule has 0 radical (unpaired) electrons. The van der Waals surface area contributed by atoms with Gasteiger partial charge in [-0.2, -0.15) is 0 Å². The Morgan fingerprint density at radius 3 is 3.00 bits per heavy atom. The smallest absolute Gasteiger partial charge is 0.122 e. The molecule has 3 heterocycles. The van der Waals surface area contributed by atoms with E-state index in [2.05, 4.69) is 51.9 Å². The first-order valence-corrected chi connectivity index (χ1v) is 8.05. The first kappa shape index (κ1) is 13.8. The minimum Gasteiger partial charge on any atom is -0.333 e. The van der Waals surface area contributed by atoms with Gasteiger partial charge in [0.1, 0.15) is 5.82 Å². The Balaban J connectivity index is 1.56. The number of imidazole rings is 1.